The highest BCUT2D eigenvalue weighted by molar-refractivity contribution is 4.96. The molecule has 0 aromatic carbocycles. The Hall–Kier alpha value is -0.660. The second-order valence-electron chi connectivity index (χ2n) is 8.59. The van der Waals surface area contributed by atoms with Crippen LogP contribution < -0.4 is 0 Å². The van der Waals surface area contributed by atoms with Crippen LogP contribution >= 0.6 is 0 Å². The number of hydrogen-bond acceptors (Lipinski definition) is 2. The van der Waals surface area contributed by atoms with Crippen molar-refractivity contribution in [2.24, 2.45) is 0 Å². The minimum atomic E-state index is 0.631. The molecule has 0 saturated carbocycles. The van der Waals surface area contributed by atoms with Crippen LogP contribution in [-0.4, -0.2) is 29.1 Å². The van der Waals surface area contributed by atoms with Gasteiger partial charge in [0.25, 0.3) is 0 Å². The smallest absolute Gasteiger partial charge is 0.101 e. The maximum absolute atomic E-state index is 2.58. The minimum Gasteiger partial charge on any atom is -0.356 e. The van der Waals surface area contributed by atoms with Gasteiger partial charge in [0.15, 0.2) is 0 Å². The molecule has 1 aliphatic heterocycles. The highest BCUT2D eigenvalue weighted by Gasteiger charge is 2.23. The average Bonchev–Trinajstić information content (AvgIpc) is 3.07. The second-order valence-corrected chi connectivity index (χ2v) is 8.59. The second kappa shape index (κ2) is 17.4. The minimum absolute atomic E-state index is 0.631. The lowest BCUT2D eigenvalue weighted by atomic mass is 10.0. The summed E-state index contributed by atoms with van der Waals surface area (Å²) in [5.74, 6) is 0. The van der Waals surface area contributed by atoms with Crippen LogP contribution in [0.1, 0.15) is 130 Å². The zero-order valence-electron chi connectivity index (χ0n) is 19.1. The number of nitrogens with zero attached hydrogens (tertiary/aromatic N) is 2. The maximum atomic E-state index is 2.58. The van der Waals surface area contributed by atoms with Gasteiger partial charge in [-0.15, -0.1) is 0 Å². The van der Waals surface area contributed by atoms with Crippen molar-refractivity contribution in [2.45, 2.75) is 136 Å². The predicted molar refractivity (Wildman–Crippen MR) is 122 cm³/mol. The first kappa shape index (κ1) is 24.4. The highest BCUT2D eigenvalue weighted by atomic mass is 15.4. The monoisotopic (exact) mass is 378 g/mol. The van der Waals surface area contributed by atoms with Gasteiger partial charge >= 0.3 is 0 Å². The lowest BCUT2D eigenvalue weighted by molar-refractivity contribution is 0.145. The molecule has 0 radical (unpaired) electrons. The molecule has 0 saturated heterocycles. The molecule has 1 aliphatic rings. The van der Waals surface area contributed by atoms with Crippen molar-refractivity contribution in [3.8, 4) is 0 Å². The van der Waals surface area contributed by atoms with Gasteiger partial charge in [0.1, 0.15) is 6.17 Å². The summed E-state index contributed by atoms with van der Waals surface area (Å²) >= 11 is 0. The molecule has 1 heterocycles. The quantitative estimate of drug-likeness (QED) is 0.209. The third-order valence-electron chi connectivity index (χ3n) is 6.15. The summed E-state index contributed by atoms with van der Waals surface area (Å²) in [6, 6.07) is 0. The van der Waals surface area contributed by atoms with Gasteiger partial charge in [-0.3, -0.25) is 0 Å². The van der Waals surface area contributed by atoms with Crippen molar-refractivity contribution in [2.75, 3.05) is 13.1 Å². The van der Waals surface area contributed by atoms with Gasteiger partial charge in [0, 0.05) is 25.5 Å². The van der Waals surface area contributed by atoms with Gasteiger partial charge in [-0.2, -0.15) is 0 Å². The fourth-order valence-corrected chi connectivity index (χ4v) is 4.36. The van der Waals surface area contributed by atoms with E-state index in [0.29, 0.717) is 6.17 Å². The molecule has 0 fully saturated rings. The molecule has 2 heteroatoms. The predicted octanol–water partition coefficient (Wildman–Crippen LogP) is 8.09. The van der Waals surface area contributed by atoms with Crippen LogP contribution in [0.5, 0.6) is 0 Å². The summed E-state index contributed by atoms with van der Waals surface area (Å²) in [6.45, 7) is 9.25. The van der Waals surface area contributed by atoms with Crippen LogP contribution in [0.2, 0.25) is 0 Å². The van der Waals surface area contributed by atoms with Gasteiger partial charge < -0.3 is 9.80 Å². The molecule has 0 aromatic heterocycles. The summed E-state index contributed by atoms with van der Waals surface area (Å²) < 4.78 is 0. The molecule has 1 unspecified atom stereocenters. The first-order chi connectivity index (χ1) is 13.3. The molecule has 0 amide bonds. The van der Waals surface area contributed by atoms with Crippen molar-refractivity contribution < 1.29 is 0 Å². The Balaban J connectivity index is 1.85. The van der Waals surface area contributed by atoms with E-state index in [0.717, 1.165) is 6.54 Å². The van der Waals surface area contributed by atoms with E-state index in [9.17, 15) is 0 Å². The summed E-state index contributed by atoms with van der Waals surface area (Å²) in [6.07, 6.45) is 29.5. The summed E-state index contributed by atoms with van der Waals surface area (Å²) in [7, 11) is 0. The topological polar surface area (TPSA) is 6.48 Å². The van der Waals surface area contributed by atoms with Crippen molar-refractivity contribution in [1.82, 2.24) is 9.80 Å². The van der Waals surface area contributed by atoms with Crippen LogP contribution in [0.15, 0.2) is 12.4 Å². The maximum Gasteiger partial charge on any atom is 0.101 e. The fraction of sp³-hybridized carbons (Fsp3) is 0.920. The largest absolute Gasteiger partial charge is 0.356 e. The van der Waals surface area contributed by atoms with Gasteiger partial charge in [-0.25, -0.2) is 0 Å². The van der Waals surface area contributed by atoms with E-state index < -0.39 is 0 Å². The Bertz CT molecular complexity index is 339. The SMILES string of the molecule is CCCCCCCCCCCCCCCCCN1C=CN(CC)C1CCC. The summed E-state index contributed by atoms with van der Waals surface area (Å²) in [5.41, 5.74) is 0. The van der Waals surface area contributed by atoms with Crippen LogP contribution in [0, 0.1) is 0 Å². The first-order valence-corrected chi connectivity index (χ1v) is 12.5. The Morgan fingerprint density at radius 1 is 0.519 bits per heavy atom. The molecular formula is C25H50N2. The standard InChI is InChI=1S/C25H50N2/c1-4-7-8-9-10-11-12-13-14-15-16-17-18-19-20-22-27-24-23-26(6-3)25(27)21-5-2/h23-25H,4-22H2,1-3H3. The lowest BCUT2D eigenvalue weighted by Crippen LogP contribution is -2.38. The van der Waals surface area contributed by atoms with Crippen molar-refractivity contribution in [3.05, 3.63) is 12.4 Å². The Labute approximate surface area is 171 Å². The van der Waals surface area contributed by atoms with Crippen LogP contribution in [0.4, 0.5) is 0 Å². The average molecular weight is 379 g/mol. The summed E-state index contributed by atoms with van der Waals surface area (Å²) in [5, 5.41) is 0. The van der Waals surface area contributed by atoms with Crippen LogP contribution in [0.25, 0.3) is 0 Å². The van der Waals surface area contributed by atoms with E-state index in [1.54, 1.807) is 0 Å². The summed E-state index contributed by atoms with van der Waals surface area (Å²) in [4.78, 5) is 5.07. The van der Waals surface area contributed by atoms with Crippen molar-refractivity contribution >= 4 is 0 Å². The zero-order valence-corrected chi connectivity index (χ0v) is 19.1. The van der Waals surface area contributed by atoms with Gasteiger partial charge in [0.2, 0.25) is 0 Å². The molecular weight excluding hydrogens is 328 g/mol. The Morgan fingerprint density at radius 3 is 1.41 bits per heavy atom. The van der Waals surface area contributed by atoms with E-state index in [4.69, 9.17) is 0 Å². The fourth-order valence-electron chi connectivity index (χ4n) is 4.36. The van der Waals surface area contributed by atoms with E-state index >= 15 is 0 Å². The van der Waals surface area contributed by atoms with E-state index in [1.807, 2.05) is 0 Å². The zero-order chi connectivity index (χ0) is 19.6. The Kier molecular flexibility index (Phi) is 15.7. The molecule has 0 aromatic rings. The lowest BCUT2D eigenvalue weighted by Gasteiger charge is -2.32. The molecule has 0 N–H and O–H groups in total. The molecule has 2 nitrogen and oxygen atoms in total. The van der Waals surface area contributed by atoms with Gasteiger partial charge in [0.05, 0.1) is 0 Å². The molecule has 0 aliphatic carbocycles. The first-order valence-electron chi connectivity index (χ1n) is 12.5. The molecule has 0 spiro atoms. The van der Waals surface area contributed by atoms with Crippen LogP contribution in [0.3, 0.4) is 0 Å². The van der Waals surface area contributed by atoms with E-state index in [2.05, 4.69) is 43.0 Å². The number of rotatable bonds is 19. The van der Waals surface area contributed by atoms with E-state index in [1.165, 1.54) is 116 Å². The van der Waals surface area contributed by atoms with Crippen LogP contribution in [-0.2, 0) is 0 Å². The molecule has 27 heavy (non-hydrogen) atoms. The third kappa shape index (κ3) is 11.7. The molecule has 1 rings (SSSR count). The molecule has 0 bridgehead atoms. The third-order valence-corrected chi connectivity index (χ3v) is 6.15. The van der Waals surface area contributed by atoms with Gasteiger partial charge in [-0.05, 0) is 19.8 Å². The van der Waals surface area contributed by atoms with E-state index in [-0.39, 0.29) is 0 Å². The normalized spacial score (nSPS) is 16.6. The van der Waals surface area contributed by atoms with Gasteiger partial charge in [-0.1, -0.05) is 110 Å². The van der Waals surface area contributed by atoms with Crippen molar-refractivity contribution in [3.63, 3.8) is 0 Å². The molecule has 1 atom stereocenters. The number of hydrogen-bond donors (Lipinski definition) is 0. The molecule has 160 valence electrons. The van der Waals surface area contributed by atoms with Crippen molar-refractivity contribution in [1.29, 1.82) is 0 Å². The highest BCUT2D eigenvalue weighted by Crippen LogP contribution is 2.21. The number of unbranched alkanes of at least 4 members (excludes halogenated alkanes) is 14. The Morgan fingerprint density at radius 2 is 0.963 bits per heavy atom.